The number of hydrogen-bond acceptors (Lipinski definition) is 5. The number of aliphatic hydroxyl groups is 1. The topological polar surface area (TPSA) is 113 Å². The van der Waals surface area contributed by atoms with E-state index in [-0.39, 0.29) is 18.4 Å². The molecule has 0 saturated heterocycles. The number of alkyl halides is 3. The number of halogens is 3. The van der Waals surface area contributed by atoms with Gasteiger partial charge in [-0.3, -0.25) is 9.59 Å². The number of rotatable bonds is 7. The number of nitrogens with one attached hydrogen (secondary N) is 1. The van der Waals surface area contributed by atoms with E-state index in [9.17, 15) is 32.7 Å². The van der Waals surface area contributed by atoms with Gasteiger partial charge in [-0.05, 0) is 24.1 Å². The summed E-state index contributed by atoms with van der Waals surface area (Å²) >= 11 is 0. The van der Waals surface area contributed by atoms with Gasteiger partial charge in [0.1, 0.15) is 6.04 Å². The molecule has 0 heterocycles. The number of esters is 1. The molecule has 1 aromatic carbocycles. The SMILES string of the molecule is COC(=O)CC[C@H](NC(=O)[C@@H](O)c1ccc(C(F)(F)F)cc1)C(=O)O. The van der Waals surface area contributed by atoms with Gasteiger partial charge in [-0.25, -0.2) is 4.79 Å². The highest BCUT2D eigenvalue weighted by Crippen LogP contribution is 2.29. The number of carboxylic acid groups (broad SMARTS) is 1. The molecular formula is C15H16F3NO6. The molecule has 1 rings (SSSR count). The van der Waals surface area contributed by atoms with Gasteiger partial charge in [-0.1, -0.05) is 12.1 Å². The van der Waals surface area contributed by atoms with Crippen molar-refractivity contribution in [3.8, 4) is 0 Å². The number of carbonyl (C=O) groups excluding carboxylic acids is 2. The lowest BCUT2D eigenvalue weighted by Gasteiger charge is -2.17. The van der Waals surface area contributed by atoms with Gasteiger partial charge in [0.15, 0.2) is 6.10 Å². The van der Waals surface area contributed by atoms with Crippen molar-refractivity contribution in [2.24, 2.45) is 0 Å². The predicted octanol–water partition coefficient (Wildman–Crippen LogP) is 1.26. The number of amides is 1. The molecule has 3 N–H and O–H groups in total. The van der Waals surface area contributed by atoms with Crippen LogP contribution in [0.4, 0.5) is 13.2 Å². The molecule has 0 aromatic heterocycles. The lowest BCUT2D eigenvalue weighted by atomic mass is 10.1. The lowest BCUT2D eigenvalue weighted by Crippen LogP contribution is -2.43. The minimum atomic E-state index is -4.56. The van der Waals surface area contributed by atoms with E-state index in [1.54, 1.807) is 0 Å². The zero-order chi connectivity index (χ0) is 19.2. The van der Waals surface area contributed by atoms with Crippen LogP contribution in [0.1, 0.15) is 30.1 Å². The molecule has 0 bridgehead atoms. The molecule has 25 heavy (non-hydrogen) atoms. The molecule has 0 aliphatic rings. The summed E-state index contributed by atoms with van der Waals surface area (Å²) in [4.78, 5) is 34.0. The van der Waals surface area contributed by atoms with E-state index in [0.29, 0.717) is 12.1 Å². The van der Waals surface area contributed by atoms with Crippen LogP contribution in [0, 0.1) is 0 Å². The lowest BCUT2D eigenvalue weighted by molar-refractivity contribution is -0.145. The highest BCUT2D eigenvalue weighted by molar-refractivity contribution is 5.87. The van der Waals surface area contributed by atoms with Crippen molar-refractivity contribution in [3.05, 3.63) is 35.4 Å². The van der Waals surface area contributed by atoms with Crippen molar-refractivity contribution in [1.29, 1.82) is 0 Å². The molecule has 0 saturated carbocycles. The van der Waals surface area contributed by atoms with E-state index in [0.717, 1.165) is 19.2 Å². The molecule has 0 unspecified atom stereocenters. The Hall–Kier alpha value is -2.62. The van der Waals surface area contributed by atoms with Crippen LogP contribution in [0.5, 0.6) is 0 Å². The maximum absolute atomic E-state index is 12.5. The molecule has 0 aliphatic carbocycles. The molecule has 2 atom stereocenters. The van der Waals surface area contributed by atoms with E-state index >= 15 is 0 Å². The first-order chi connectivity index (χ1) is 11.6. The third-order valence-electron chi connectivity index (χ3n) is 3.28. The Bertz CT molecular complexity index is 629. The van der Waals surface area contributed by atoms with Crippen LogP contribution >= 0.6 is 0 Å². The first kappa shape index (κ1) is 20.4. The molecule has 7 nitrogen and oxygen atoms in total. The summed E-state index contributed by atoms with van der Waals surface area (Å²) in [6.07, 6.45) is -6.96. The van der Waals surface area contributed by atoms with Crippen LogP contribution in [0.15, 0.2) is 24.3 Å². The van der Waals surface area contributed by atoms with E-state index in [1.165, 1.54) is 0 Å². The number of hydrogen-bond donors (Lipinski definition) is 3. The van der Waals surface area contributed by atoms with Gasteiger partial charge in [0.05, 0.1) is 12.7 Å². The van der Waals surface area contributed by atoms with E-state index in [4.69, 9.17) is 5.11 Å². The summed E-state index contributed by atoms with van der Waals surface area (Å²) < 4.78 is 41.8. The Balaban J connectivity index is 2.76. The molecule has 0 fully saturated rings. The summed E-state index contributed by atoms with van der Waals surface area (Å²) in [6.45, 7) is 0. The Morgan fingerprint density at radius 3 is 2.20 bits per heavy atom. The van der Waals surface area contributed by atoms with Gasteiger partial charge in [0.2, 0.25) is 0 Å². The third kappa shape index (κ3) is 6.07. The van der Waals surface area contributed by atoms with Crippen molar-refractivity contribution in [2.75, 3.05) is 7.11 Å². The number of carbonyl (C=O) groups is 3. The first-order valence-electron chi connectivity index (χ1n) is 7.01. The summed E-state index contributed by atoms with van der Waals surface area (Å²) in [5, 5.41) is 20.9. The zero-order valence-corrected chi connectivity index (χ0v) is 13.0. The average Bonchev–Trinajstić information content (AvgIpc) is 2.56. The van der Waals surface area contributed by atoms with Crippen LogP contribution in [0.25, 0.3) is 0 Å². The highest BCUT2D eigenvalue weighted by atomic mass is 19.4. The monoisotopic (exact) mass is 363 g/mol. The summed E-state index contributed by atoms with van der Waals surface area (Å²) in [6, 6.07) is 1.75. The predicted molar refractivity (Wildman–Crippen MR) is 77.2 cm³/mol. The maximum atomic E-state index is 12.5. The number of aliphatic hydroxyl groups excluding tert-OH is 1. The maximum Gasteiger partial charge on any atom is 0.416 e. The Morgan fingerprint density at radius 2 is 1.76 bits per heavy atom. The average molecular weight is 363 g/mol. The van der Waals surface area contributed by atoms with Crippen molar-refractivity contribution in [1.82, 2.24) is 5.32 Å². The van der Waals surface area contributed by atoms with Crippen molar-refractivity contribution in [2.45, 2.75) is 31.2 Å². The molecule has 10 heteroatoms. The fraction of sp³-hybridized carbons (Fsp3) is 0.400. The van der Waals surface area contributed by atoms with Crippen LogP contribution in [-0.4, -0.2) is 41.2 Å². The minimum Gasteiger partial charge on any atom is -0.480 e. The summed E-state index contributed by atoms with van der Waals surface area (Å²) in [7, 11) is 1.12. The van der Waals surface area contributed by atoms with E-state index in [2.05, 4.69) is 4.74 Å². The smallest absolute Gasteiger partial charge is 0.416 e. The summed E-state index contributed by atoms with van der Waals surface area (Å²) in [5.74, 6) is -3.22. The Morgan fingerprint density at radius 1 is 1.20 bits per heavy atom. The van der Waals surface area contributed by atoms with Crippen LogP contribution in [0.2, 0.25) is 0 Å². The fourth-order valence-electron chi connectivity index (χ4n) is 1.88. The van der Waals surface area contributed by atoms with Crippen LogP contribution in [0.3, 0.4) is 0 Å². The normalized spacial score (nSPS) is 13.6. The summed E-state index contributed by atoms with van der Waals surface area (Å²) in [5.41, 5.74) is -1.09. The quantitative estimate of drug-likeness (QED) is 0.629. The van der Waals surface area contributed by atoms with E-state index < -0.39 is 41.7 Å². The second-order valence-electron chi connectivity index (χ2n) is 5.04. The molecule has 0 aliphatic heterocycles. The highest BCUT2D eigenvalue weighted by Gasteiger charge is 2.31. The van der Waals surface area contributed by atoms with Gasteiger partial charge < -0.3 is 20.3 Å². The van der Waals surface area contributed by atoms with Gasteiger partial charge in [0.25, 0.3) is 5.91 Å². The number of ether oxygens (including phenoxy) is 1. The molecule has 138 valence electrons. The van der Waals surface area contributed by atoms with Crippen molar-refractivity contribution in [3.63, 3.8) is 0 Å². The molecule has 0 radical (unpaired) electrons. The largest absolute Gasteiger partial charge is 0.480 e. The van der Waals surface area contributed by atoms with Crippen molar-refractivity contribution >= 4 is 17.8 Å². The second-order valence-corrected chi connectivity index (χ2v) is 5.04. The van der Waals surface area contributed by atoms with Crippen molar-refractivity contribution < 1.29 is 42.5 Å². The van der Waals surface area contributed by atoms with Crippen LogP contribution in [-0.2, 0) is 25.3 Å². The number of benzene rings is 1. The van der Waals surface area contributed by atoms with Gasteiger partial charge in [-0.15, -0.1) is 0 Å². The van der Waals surface area contributed by atoms with Crippen LogP contribution < -0.4 is 5.32 Å². The van der Waals surface area contributed by atoms with E-state index in [1.807, 2.05) is 5.32 Å². The molecular weight excluding hydrogens is 347 g/mol. The first-order valence-corrected chi connectivity index (χ1v) is 7.01. The Labute approximate surface area is 140 Å². The standard InChI is InChI=1S/C15H16F3NO6/c1-25-11(20)7-6-10(14(23)24)19-13(22)12(21)8-2-4-9(5-3-8)15(16,17)18/h2-5,10,12,21H,6-7H2,1H3,(H,19,22)(H,23,24)/t10-,12-/m0/s1. The second kappa shape index (κ2) is 8.47. The van der Waals surface area contributed by atoms with Gasteiger partial charge in [-0.2, -0.15) is 13.2 Å². The minimum absolute atomic E-state index is 0.136. The number of aliphatic carboxylic acids is 1. The fourth-order valence-corrected chi connectivity index (χ4v) is 1.88. The zero-order valence-electron chi connectivity index (χ0n) is 13.0. The van der Waals surface area contributed by atoms with Gasteiger partial charge in [0, 0.05) is 6.42 Å². The number of methoxy groups -OCH3 is 1. The molecule has 0 spiro atoms. The molecule has 1 amide bonds. The third-order valence-corrected chi connectivity index (χ3v) is 3.28. The Kier molecular flexibility index (Phi) is 6.92. The van der Waals surface area contributed by atoms with Gasteiger partial charge >= 0.3 is 18.1 Å². The molecule has 1 aromatic rings. The number of carboxylic acids is 1.